The van der Waals surface area contributed by atoms with Crippen molar-refractivity contribution >= 4 is 31.7 Å². The second-order valence-corrected chi connectivity index (χ2v) is 18.8. The van der Waals surface area contributed by atoms with Crippen molar-refractivity contribution in [3.63, 3.8) is 0 Å². The second kappa shape index (κ2) is 15.9. The van der Waals surface area contributed by atoms with E-state index in [9.17, 15) is 0 Å². The van der Waals surface area contributed by atoms with Gasteiger partial charge in [0, 0.05) is 11.1 Å². The Labute approximate surface area is 352 Å². The van der Waals surface area contributed by atoms with Crippen molar-refractivity contribution in [2.24, 2.45) is 9.98 Å². The van der Waals surface area contributed by atoms with Crippen molar-refractivity contribution in [1.82, 2.24) is 8.61 Å². The largest absolute Gasteiger partial charge is 0.266 e. The molecule has 2 aliphatic heterocycles. The number of hydrogen-bond donors (Lipinski definition) is 0. The molecule has 0 saturated heterocycles. The molecule has 0 saturated carbocycles. The van der Waals surface area contributed by atoms with E-state index in [1.54, 1.807) is 48.5 Å². The Morgan fingerprint density at radius 3 is 1.03 bits per heavy atom. The van der Waals surface area contributed by atoms with E-state index in [1.807, 2.05) is 159 Å². The van der Waals surface area contributed by atoms with Crippen molar-refractivity contribution in [2.45, 2.75) is 47.8 Å². The minimum atomic E-state index is -4.22. The van der Waals surface area contributed by atoms with Crippen molar-refractivity contribution < 1.29 is 16.8 Å². The van der Waals surface area contributed by atoms with Gasteiger partial charge in [-0.05, 0) is 66.4 Å². The van der Waals surface area contributed by atoms with Gasteiger partial charge < -0.3 is 0 Å². The van der Waals surface area contributed by atoms with E-state index < -0.39 is 44.2 Å². The summed E-state index contributed by atoms with van der Waals surface area (Å²) in [6.45, 7) is 3.84. The van der Waals surface area contributed by atoms with Gasteiger partial charge in [0.1, 0.15) is 23.8 Å². The maximum Gasteiger partial charge on any atom is 0.266 e. The predicted molar refractivity (Wildman–Crippen MR) is 237 cm³/mol. The Bertz CT molecular complexity index is 2730. The van der Waals surface area contributed by atoms with Crippen molar-refractivity contribution in [3.05, 3.63) is 239 Å². The molecule has 4 atom stereocenters. The van der Waals surface area contributed by atoms with Gasteiger partial charge in [0.15, 0.2) is 0 Å². The standard InChI is InChI=1S/C50H42N4O4S2/c1-35-26-30-43(31-27-35)59(55,56)53-47(39-20-11-5-12-21-39)45(37-16-7-3-8-17-37)51-49(53)41-24-15-25-42(34-41)50-52-46(38-18-9-4-10-19-38)48(40-22-13-6-14-23-40)54(50)60(57,58)44-32-28-36(2)29-33-44/h3-34,45-48H,1-2H3. The van der Waals surface area contributed by atoms with Gasteiger partial charge >= 0.3 is 0 Å². The molecule has 0 amide bonds. The summed E-state index contributed by atoms with van der Waals surface area (Å²) in [7, 11) is -8.44. The molecule has 0 aromatic heterocycles. The van der Waals surface area contributed by atoms with Gasteiger partial charge in [0.2, 0.25) is 0 Å². The molecule has 7 aromatic carbocycles. The molecule has 0 fully saturated rings. The molecular weight excluding hydrogens is 785 g/mol. The Balaban J connectivity index is 1.25. The van der Waals surface area contributed by atoms with Crippen LogP contribution in [0.2, 0.25) is 0 Å². The zero-order valence-corrected chi connectivity index (χ0v) is 34.7. The quantitative estimate of drug-likeness (QED) is 0.137. The lowest BCUT2D eigenvalue weighted by molar-refractivity contribution is 0.420. The average molecular weight is 827 g/mol. The van der Waals surface area contributed by atoms with Crippen LogP contribution in [0.5, 0.6) is 0 Å². The van der Waals surface area contributed by atoms with E-state index in [0.29, 0.717) is 11.1 Å². The van der Waals surface area contributed by atoms with Crippen molar-refractivity contribution in [1.29, 1.82) is 0 Å². The van der Waals surface area contributed by atoms with Crippen LogP contribution in [0, 0.1) is 13.8 Å². The SMILES string of the molecule is Cc1ccc(S(=O)(=O)N2C(c3cccc(C4=NC(c5ccccc5)C(c5ccccc5)N4S(=O)(=O)c4ccc(C)cc4)c3)=NC(c3ccccc3)C2c2ccccc2)cc1. The number of rotatable bonds is 10. The third kappa shape index (κ3) is 7.12. The number of sulfonamides is 2. The first kappa shape index (κ1) is 38.9. The van der Waals surface area contributed by atoms with Crippen LogP contribution in [-0.2, 0) is 20.0 Å². The van der Waals surface area contributed by atoms with Crippen molar-refractivity contribution in [3.8, 4) is 0 Å². The number of aryl methyl sites for hydroxylation is 2. The third-order valence-corrected chi connectivity index (χ3v) is 14.7. The Kier molecular flexibility index (Phi) is 10.3. The number of amidine groups is 2. The second-order valence-electron chi connectivity index (χ2n) is 15.1. The minimum Gasteiger partial charge on any atom is -0.256 e. The molecule has 298 valence electrons. The first-order valence-electron chi connectivity index (χ1n) is 19.8. The molecule has 0 spiro atoms. The maximum atomic E-state index is 15.1. The van der Waals surface area contributed by atoms with E-state index in [4.69, 9.17) is 9.98 Å². The van der Waals surface area contributed by atoms with E-state index >= 15 is 16.8 Å². The van der Waals surface area contributed by atoms with Gasteiger partial charge in [-0.3, -0.25) is 9.98 Å². The Hall–Kier alpha value is -6.62. The van der Waals surface area contributed by atoms with Gasteiger partial charge in [-0.1, -0.05) is 175 Å². The molecule has 2 aliphatic rings. The highest BCUT2D eigenvalue weighted by Crippen LogP contribution is 2.48. The van der Waals surface area contributed by atoms with E-state index in [1.165, 1.54) is 8.61 Å². The summed E-state index contributed by atoms with van der Waals surface area (Å²) in [6, 6.07) is 56.9. The van der Waals surface area contributed by atoms with Gasteiger partial charge in [-0.25, -0.2) is 25.4 Å². The molecule has 9 rings (SSSR count). The molecule has 7 aromatic rings. The fourth-order valence-corrected chi connectivity index (χ4v) is 11.4. The first-order valence-corrected chi connectivity index (χ1v) is 22.7. The van der Waals surface area contributed by atoms with Crippen LogP contribution in [0.25, 0.3) is 0 Å². The molecule has 0 bridgehead atoms. The fourth-order valence-electron chi connectivity index (χ4n) is 8.16. The van der Waals surface area contributed by atoms with Gasteiger partial charge in [0.05, 0.1) is 21.9 Å². The van der Waals surface area contributed by atoms with Crippen LogP contribution in [0.15, 0.2) is 214 Å². The highest BCUT2D eigenvalue weighted by Gasteiger charge is 2.48. The van der Waals surface area contributed by atoms with Gasteiger partial charge in [-0.2, -0.15) is 0 Å². The van der Waals surface area contributed by atoms with Gasteiger partial charge in [-0.15, -0.1) is 0 Å². The monoisotopic (exact) mass is 826 g/mol. The lowest BCUT2D eigenvalue weighted by atomic mass is 9.95. The normalized spacial score (nSPS) is 19.2. The zero-order valence-electron chi connectivity index (χ0n) is 33.0. The molecule has 10 heteroatoms. The molecule has 0 radical (unpaired) electrons. The molecule has 0 N–H and O–H groups in total. The summed E-state index contributed by atoms with van der Waals surface area (Å²) in [6.07, 6.45) is 0. The minimum absolute atomic E-state index is 0.138. The average Bonchev–Trinajstić information content (AvgIpc) is 3.90. The molecule has 0 aliphatic carbocycles. The lowest BCUT2D eigenvalue weighted by Crippen LogP contribution is -2.39. The molecule has 2 heterocycles. The number of hydrogen-bond acceptors (Lipinski definition) is 6. The van der Waals surface area contributed by atoms with Crippen LogP contribution in [-0.4, -0.2) is 37.1 Å². The molecule has 8 nitrogen and oxygen atoms in total. The van der Waals surface area contributed by atoms with Crippen LogP contribution < -0.4 is 0 Å². The highest BCUT2D eigenvalue weighted by molar-refractivity contribution is 7.90. The summed E-state index contributed by atoms with van der Waals surface area (Å²) in [4.78, 5) is 10.8. The first-order chi connectivity index (χ1) is 29.1. The van der Waals surface area contributed by atoms with Crippen LogP contribution in [0.4, 0.5) is 0 Å². The Morgan fingerprint density at radius 1 is 0.383 bits per heavy atom. The summed E-state index contributed by atoms with van der Waals surface area (Å²) in [5, 5.41) is 0. The molecule has 4 unspecified atom stereocenters. The van der Waals surface area contributed by atoms with E-state index in [0.717, 1.165) is 33.4 Å². The zero-order chi connectivity index (χ0) is 41.4. The summed E-state index contributed by atoms with van der Waals surface area (Å²) >= 11 is 0. The third-order valence-electron chi connectivity index (χ3n) is 11.1. The fraction of sp³-hybridized carbons (Fsp3) is 0.120. The lowest BCUT2D eigenvalue weighted by Gasteiger charge is -2.31. The number of nitrogens with zero attached hydrogens (tertiary/aromatic N) is 4. The predicted octanol–water partition coefficient (Wildman–Crippen LogP) is 10.2. The Morgan fingerprint density at radius 2 is 0.700 bits per heavy atom. The number of aliphatic imine (C=N–C) groups is 2. The molecular formula is C50H42N4O4S2. The molecule has 60 heavy (non-hydrogen) atoms. The number of benzene rings is 7. The maximum absolute atomic E-state index is 15.1. The van der Waals surface area contributed by atoms with E-state index in [-0.39, 0.29) is 21.5 Å². The highest BCUT2D eigenvalue weighted by atomic mass is 32.2. The summed E-state index contributed by atoms with van der Waals surface area (Å²) in [5.74, 6) is 0.483. The van der Waals surface area contributed by atoms with Crippen LogP contribution >= 0.6 is 0 Å². The van der Waals surface area contributed by atoms with E-state index in [2.05, 4.69) is 0 Å². The summed E-state index contributed by atoms with van der Waals surface area (Å²) < 4.78 is 63.4. The topological polar surface area (TPSA) is 99.5 Å². The smallest absolute Gasteiger partial charge is 0.256 e. The van der Waals surface area contributed by atoms with Crippen LogP contribution in [0.1, 0.15) is 68.7 Å². The van der Waals surface area contributed by atoms with Crippen molar-refractivity contribution in [2.75, 3.05) is 0 Å². The van der Waals surface area contributed by atoms with Gasteiger partial charge in [0.25, 0.3) is 20.0 Å². The summed E-state index contributed by atoms with van der Waals surface area (Å²) in [5.41, 5.74) is 6.14. The van der Waals surface area contributed by atoms with Crippen LogP contribution in [0.3, 0.4) is 0 Å².